The number of carbonyl (C=O) groups is 2. The number of hydrogen-bond acceptors (Lipinski definition) is 4. The van der Waals surface area contributed by atoms with Crippen molar-refractivity contribution in [2.24, 2.45) is 0 Å². The molecule has 4 rings (SSSR count). The Hall–Kier alpha value is -2.85. The van der Waals surface area contributed by atoms with Crippen LogP contribution in [0.3, 0.4) is 0 Å². The topological polar surface area (TPSA) is 37.4 Å². The molecule has 4 heteroatoms. The van der Waals surface area contributed by atoms with E-state index in [1.165, 1.54) is 15.6 Å². The fraction of sp³-hybridized carbons (Fsp3) is 0.286. The number of allylic oxidation sites excluding steroid dienone is 5. The highest BCUT2D eigenvalue weighted by Crippen LogP contribution is 2.45. The number of rotatable bonds is 8. The molecule has 0 spiro atoms. The van der Waals surface area contributed by atoms with Crippen molar-refractivity contribution in [2.45, 2.75) is 50.8 Å². The smallest absolute Gasteiger partial charge is 0.197 e. The van der Waals surface area contributed by atoms with Gasteiger partial charge in [0.25, 0.3) is 0 Å². The molecule has 0 amide bonds. The first kappa shape index (κ1) is 22.3. The van der Waals surface area contributed by atoms with Gasteiger partial charge in [0.15, 0.2) is 11.6 Å². The van der Waals surface area contributed by atoms with E-state index in [0.29, 0.717) is 16.7 Å². The van der Waals surface area contributed by atoms with Crippen molar-refractivity contribution >= 4 is 29.0 Å². The van der Waals surface area contributed by atoms with Crippen LogP contribution in [-0.4, -0.2) is 18.1 Å². The number of ketones is 2. The molecule has 1 aliphatic carbocycles. The summed E-state index contributed by atoms with van der Waals surface area (Å²) in [5.74, 6) is -0.276. The molecule has 164 valence electrons. The zero-order chi connectivity index (χ0) is 22.5. The largest absolute Gasteiger partial charge is 0.335 e. The third kappa shape index (κ3) is 4.37. The summed E-state index contributed by atoms with van der Waals surface area (Å²) in [5.41, 5.74) is 3.50. The molecule has 2 aromatic rings. The lowest BCUT2D eigenvalue weighted by atomic mass is 9.98. The first-order valence-corrected chi connectivity index (χ1v) is 12.3. The van der Waals surface area contributed by atoms with E-state index in [1.54, 1.807) is 23.9 Å². The van der Waals surface area contributed by atoms with E-state index in [0.717, 1.165) is 44.2 Å². The number of anilines is 1. The van der Waals surface area contributed by atoms with E-state index >= 15 is 0 Å². The number of fused-ring (bicyclic) bond motifs is 2. The molecule has 0 radical (unpaired) electrons. The van der Waals surface area contributed by atoms with Gasteiger partial charge in [-0.3, -0.25) is 9.59 Å². The zero-order valence-electron chi connectivity index (χ0n) is 18.8. The molecule has 2 aliphatic rings. The van der Waals surface area contributed by atoms with Crippen molar-refractivity contribution in [3.8, 4) is 0 Å². The average molecular weight is 444 g/mol. The van der Waals surface area contributed by atoms with E-state index in [2.05, 4.69) is 49.1 Å². The molecular formula is C28H29NO2S. The van der Waals surface area contributed by atoms with Crippen molar-refractivity contribution in [1.82, 2.24) is 0 Å². The number of carbonyl (C=O) groups excluding carboxylic acids is 2. The normalized spacial score (nSPS) is 16.4. The Morgan fingerprint density at radius 2 is 1.56 bits per heavy atom. The Balaban J connectivity index is 1.65. The van der Waals surface area contributed by atoms with Crippen LogP contribution in [0, 0.1) is 0 Å². The number of unbranched alkanes of at least 4 members (excludes halogenated alkanes) is 2. The highest BCUT2D eigenvalue weighted by Gasteiger charge is 2.34. The number of hydrogen-bond donors (Lipinski definition) is 0. The fourth-order valence-corrected chi connectivity index (χ4v) is 5.27. The van der Waals surface area contributed by atoms with Crippen LogP contribution in [0.5, 0.6) is 0 Å². The predicted octanol–water partition coefficient (Wildman–Crippen LogP) is 7.36. The molecule has 3 nitrogen and oxygen atoms in total. The van der Waals surface area contributed by atoms with E-state index in [-0.39, 0.29) is 11.6 Å². The molecule has 0 saturated heterocycles. The molecular weight excluding hydrogens is 414 g/mol. The molecule has 2 aromatic carbocycles. The van der Waals surface area contributed by atoms with Crippen LogP contribution in [0.25, 0.3) is 0 Å². The maximum Gasteiger partial charge on any atom is 0.197 e. The Kier molecular flexibility index (Phi) is 7.11. The summed E-state index contributed by atoms with van der Waals surface area (Å²) in [6.07, 6.45) is 11.0. The first-order valence-electron chi connectivity index (χ1n) is 11.5. The minimum atomic E-state index is -0.138. The molecule has 0 fully saturated rings. The lowest BCUT2D eigenvalue weighted by Gasteiger charge is -2.19. The minimum absolute atomic E-state index is 0.138. The van der Waals surface area contributed by atoms with Crippen molar-refractivity contribution in [2.75, 3.05) is 11.4 Å². The lowest BCUT2D eigenvalue weighted by molar-refractivity contribution is 0.0987. The molecule has 0 atom stereocenters. The minimum Gasteiger partial charge on any atom is -0.335 e. The summed E-state index contributed by atoms with van der Waals surface area (Å²) in [6, 6.07) is 15.6. The van der Waals surface area contributed by atoms with Gasteiger partial charge in [-0.1, -0.05) is 87.0 Å². The van der Waals surface area contributed by atoms with Crippen LogP contribution in [-0.2, 0) is 0 Å². The van der Waals surface area contributed by atoms with Crippen LogP contribution in [0.1, 0.15) is 66.7 Å². The monoisotopic (exact) mass is 443 g/mol. The third-order valence-electron chi connectivity index (χ3n) is 5.90. The van der Waals surface area contributed by atoms with Gasteiger partial charge in [-0.05, 0) is 43.0 Å². The van der Waals surface area contributed by atoms with Gasteiger partial charge >= 0.3 is 0 Å². The summed E-state index contributed by atoms with van der Waals surface area (Å²) >= 11 is 1.77. The fourth-order valence-electron chi connectivity index (χ4n) is 4.17. The van der Waals surface area contributed by atoms with Crippen molar-refractivity contribution in [1.29, 1.82) is 0 Å². The third-order valence-corrected chi connectivity index (χ3v) is 7.03. The maximum absolute atomic E-state index is 13.0. The SMILES string of the molecule is CCCCC(/C=C/C=C1\Sc2ccccc2N1CCCC)=C1C(=O)c2ccccc2C1=O. The summed E-state index contributed by atoms with van der Waals surface area (Å²) in [6.45, 7) is 5.31. The number of nitrogens with zero attached hydrogens (tertiary/aromatic N) is 1. The number of thioether (sulfide) groups is 1. The van der Waals surface area contributed by atoms with E-state index in [4.69, 9.17) is 0 Å². The van der Waals surface area contributed by atoms with Crippen LogP contribution in [0.4, 0.5) is 5.69 Å². The summed E-state index contributed by atoms with van der Waals surface area (Å²) in [7, 11) is 0. The van der Waals surface area contributed by atoms with Gasteiger partial charge in [0.2, 0.25) is 0 Å². The number of para-hydroxylation sites is 1. The van der Waals surface area contributed by atoms with Gasteiger partial charge in [-0.2, -0.15) is 0 Å². The van der Waals surface area contributed by atoms with Crippen LogP contribution >= 0.6 is 11.8 Å². The molecule has 0 saturated carbocycles. The molecule has 1 heterocycles. The van der Waals surface area contributed by atoms with Gasteiger partial charge < -0.3 is 4.90 Å². The van der Waals surface area contributed by atoms with Gasteiger partial charge in [-0.25, -0.2) is 0 Å². The Bertz CT molecular complexity index is 1090. The maximum atomic E-state index is 13.0. The van der Waals surface area contributed by atoms with Gasteiger partial charge in [0.05, 0.1) is 16.3 Å². The standard InChI is InChI=1S/C28H29NO2S/c1-3-5-12-20(26-27(30)21-14-7-8-15-22(21)28(26)31)13-11-18-25-29(19-6-4-2)23-16-9-10-17-24(23)32-25/h7-11,13-18H,3-6,12,19H2,1-2H3/b13-11+,25-18-. The van der Waals surface area contributed by atoms with E-state index < -0.39 is 0 Å². The highest BCUT2D eigenvalue weighted by atomic mass is 32.2. The van der Waals surface area contributed by atoms with Gasteiger partial charge in [0.1, 0.15) is 0 Å². The number of benzene rings is 2. The van der Waals surface area contributed by atoms with E-state index in [9.17, 15) is 9.59 Å². The zero-order valence-corrected chi connectivity index (χ0v) is 19.6. The van der Waals surface area contributed by atoms with Gasteiger partial charge in [-0.15, -0.1) is 0 Å². The Morgan fingerprint density at radius 3 is 2.25 bits per heavy atom. The summed E-state index contributed by atoms with van der Waals surface area (Å²) in [4.78, 5) is 29.7. The van der Waals surface area contributed by atoms with Crippen LogP contribution in [0.2, 0.25) is 0 Å². The molecule has 0 aromatic heterocycles. The van der Waals surface area contributed by atoms with Crippen LogP contribution in [0.15, 0.2) is 87.8 Å². The first-order chi connectivity index (χ1) is 15.7. The van der Waals surface area contributed by atoms with Crippen molar-refractivity contribution in [3.05, 3.63) is 94.1 Å². The molecule has 0 bridgehead atoms. The lowest BCUT2D eigenvalue weighted by Crippen LogP contribution is -2.18. The average Bonchev–Trinajstić information content (AvgIpc) is 3.29. The number of Topliss-reactive ketones (excluding diaryl/α,β-unsaturated/α-hetero) is 2. The van der Waals surface area contributed by atoms with Crippen molar-refractivity contribution < 1.29 is 9.59 Å². The van der Waals surface area contributed by atoms with E-state index in [1.807, 2.05) is 24.3 Å². The summed E-state index contributed by atoms with van der Waals surface area (Å²) in [5, 5.41) is 1.18. The quantitative estimate of drug-likeness (QED) is 0.315. The van der Waals surface area contributed by atoms with Gasteiger partial charge in [0, 0.05) is 22.6 Å². The molecule has 1 aliphatic heterocycles. The summed E-state index contributed by atoms with van der Waals surface area (Å²) < 4.78 is 0. The second kappa shape index (κ2) is 10.2. The highest BCUT2D eigenvalue weighted by molar-refractivity contribution is 8.03. The molecule has 0 N–H and O–H groups in total. The molecule has 32 heavy (non-hydrogen) atoms. The Labute approximate surface area is 194 Å². The van der Waals surface area contributed by atoms with Crippen LogP contribution < -0.4 is 4.90 Å². The predicted molar refractivity (Wildman–Crippen MR) is 133 cm³/mol. The Morgan fingerprint density at radius 1 is 0.906 bits per heavy atom. The van der Waals surface area contributed by atoms with Crippen molar-refractivity contribution in [3.63, 3.8) is 0 Å². The second-order valence-corrected chi connectivity index (χ2v) is 9.21. The second-order valence-electron chi connectivity index (χ2n) is 8.15. The molecule has 0 unspecified atom stereocenters.